The number of aliphatic hydroxyl groups excluding tert-OH is 1. The summed E-state index contributed by atoms with van der Waals surface area (Å²) in [6.45, 7) is 6.47. The van der Waals surface area contributed by atoms with Crippen LogP contribution < -0.4 is 0 Å². The van der Waals surface area contributed by atoms with E-state index in [-0.39, 0.29) is 5.41 Å². The molecule has 1 N–H and O–H groups in total. The highest BCUT2D eigenvalue weighted by atomic mass is 35.5. The van der Waals surface area contributed by atoms with E-state index in [9.17, 15) is 5.11 Å². The fraction of sp³-hybridized carbons (Fsp3) is 0.294. The van der Waals surface area contributed by atoms with Crippen molar-refractivity contribution < 1.29 is 5.11 Å². The minimum atomic E-state index is -0.815. The van der Waals surface area contributed by atoms with Crippen molar-refractivity contribution in [2.24, 2.45) is 0 Å². The third-order valence-electron chi connectivity index (χ3n) is 3.37. The molecule has 0 fully saturated rings. The maximum Gasteiger partial charge on any atom is 0.107 e. The molecule has 2 aromatic carbocycles. The molecule has 106 valence electrons. The van der Waals surface area contributed by atoms with Crippen LogP contribution in [-0.2, 0) is 5.41 Å². The van der Waals surface area contributed by atoms with Crippen molar-refractivity contribution >= 4 is 23.2 Å². The topological polar surface area (TPSA) is 20.2 Å². The van der Waals surface area contributed by atoms with Gasteiger partial charge in [-0.1, -0.05) is 74.3 Å². The first kappa shape index (κ1) is 15.4. The lowest BCUT2D eigenvalue weighted by atomic mass is 9.86. The first-order valence-electron chi connectivity index (χ1n) is 6.53. The van der Waals surface area contributed by atoms with Crippen LogP contribution in [0.2, 0.25) is 10.0 Å². The average Bonchev–Trinajstić information content (AvgIpc) is 2.37. The van der Waals surface area contributed by atoms with Crippen LogP contribution in [0.3, 0.4) is 0 Å². The Hall–Kier alpha value is -1.02. The Morgan fingerprint density at radius 1 is 0.900 bits per heavy atom. The van der Waals surface area contributed by atoms with Gasteiger partial charge < -0.3 is 5.11 Å². The predicted octanol–water partition coefficient (Wildman–Crippen LogP) is 5.37. The molecule has 0 amide bonds. The Morgan fingerprint density at radius 3 is 1.85 bits per heavy atom. The van der Waals surface area contributed by atoms with Gasteiger partial charge in [0, 0.05) is 15.6 Å². The van der Waals surface area contributed by atoms with E-state index in [0.717, 1.165) is 5.56 Å². The molecule has 0 aromatic heterocycles. The van der Waals surface area contributed by atoms with Gasteiger partial charge in [0.2, 0.25) is 0 Å². The molecule has 0 saturated heterocycles. The average molecular weight is 309 g/mol. The van der Waals surface area contributed by atoms with Crippen LogP contribution in [0.15, 0.2) is 42.5 Å². The minimum Gasteiger partial charge on any atom is -0.384 e. The summed E-state index contributed by atoms with van der Waals surface area (Å²) in [6, 6.07) is 13.1. The molecular weight excluding hydrogens is 291 g/mol. The third-order valence-corrected chi connectivity index (χ3v) is 4.02. The largest absolute Gasteiger partial charge is 0.384 e. The zero-order chi connectivity index (χ0) is 14.9. The smallest absolute Gasteiger partial charge is 0.107 e. The van der Waals surface area contributed by atoms with E-state index in [4.69, 9.17) is 23.2 Å². The monoisotopic (exact) mass is 308 g/mol. The van der Waals surface area contributed by atoms with Gasteiger partial charge in [0.05, 0.1) is 0 Å². The summed E-state index contributed by atoms with van der Waals surface area (Å²) < 4.78 is 0. The Kier molecular flexibility index (Phi) is 4.43. The molecule has 0 aliphatic carbocycles. The van der Waals surface area contributed by atoms with Gasteiger partial charge in [-0.25, -0.2) is 0 Å². The summed E-state index contributed by atoms with van der Waals surface area (Å²) in [5.41, 5.74) is 2.65. The highest BCUT2D eigenvalue weighted by Crippen LogP contribution is 2.34. The summed E-state index contributed by atoms with van der Waals surface area (Å²) in [6.07, 6.45) is -0.815. The second-order valence-electron chi connectivity index (χ2n) is 5.91. The second-order valence-corrected chi connectivity index (χ2v) is 6.72. The van der Waals surface area contributed by atoms with E-state index in [1.807, 2.05) is 24.3 Å². The quantitative estimate of drug-likeness (QED) is 0.790. The fourth-order valence-electron chi connectivity index (χ4n) is 2.10. The molecule has 1 atom stereocenters. The van der Waals surface area contributed by atoms with Crippen LogP contribution in [0, 0.1) is 0 Å². The Balaban J connectivity index is 2.37. The van der Waals surface area contributed by atoms with Gasteiger partial charge in [-0.3, -0.25) is 0 Å². The van der Waals surface area contributed by atoms with Crippen LogP contribution in [0.25, 0.3) is 0 Å². The molecule has 0 saturated carbocycles. The molecule has 2 rings (SSSR count). The van der Waals surface area contributed by atoms with E-state index in [0.29, 0.717) is 15.6 Å². The summed E-state index contributed by atoms with van der Waals surface area (Å²) in [5, 5.41) is 11.4. The number of aliphatic hydroxyl groups is 1. The number of hydrogen-bond donors (Lipinski definition) is 1. The molecule has 1 unspecified atom stereocenters. The molecule has 20 heavy (non-hydrogen) atoms. The summed E-state index contributed by atoms with van der Waals surface area (Å²) in [7, 11) is 0. The minimum absolute atomic E-state index is 0.0888. The van der Waals surface area contributed by atoms with Crippen molar-refractivity contribution in [2.75, 3.05) is 0 Å². The van der Waals surface area contributed by atoms with E-state index in [2.05, 4.69) is 20.8 Å². The molecule has 0 bridgehead atoms. The Bertz CT molecular complexity index is 577. The normalized spacial score (nSPS) is 13.3. The molecule has 0 radical (unpaired) electrons. The second kappa shape index (κ2) is 5.77. The highest BCUT2D eigenvalue weighted by Gasteiger charge is 2.19. The molecule has 0 aliphatic heterocycles. The standard InChI is InChI=1S/C17H18Cl2O/c1-17(2,3)12-9-7-11(8-10-12)16(20)15-13(18)5-4-6-14(15)19/h4-10,16,20H,1-3H3. The van der Waals surface area contributed by atoms with Crippen molar-refractivity contribution in [1.82, 2.24) is 0 Å². The molecular formula is C17H18Cl2O. The van der Waals surface area contributed by atoms with Gasteiger partial charge in [0.25, 0.3) is 0 Å². The summed E-state index contributed by atoms with van der Waals surface area (Å²) in [4.78, 5) is 0. The van der Waals surface area contributed by atoms with Gasteiger partial charge in [0.15, 0.2) is 0 Å². The number of rotatable bonds is 2. The number of hydrogen-bond acceptors (Lipinski definition) is 1. The van der Waals surface area contributed by atoms with E-state index in [1.165, 1.54) is 5.56 Å². The zero-order valence-corrected chi connectivity index (χ0v) is 13.3. The predicted molar refractivity (Wildman–Crippen MR) is 85.7 cm³/mol. The molecule has 1 nitrogen and oxygen atoms in total. The summed E-state index contributed by atoms with van der Waals surface area (Å²) >= 11 is 12.3. The van der Waals surface area contributed by atoms with Crippen molar-refractivity contribution in [1.29, 1.82) is 0 Å². The Labute approximate surface area is 130 Å². The van der Waals surface area contributed by atoms with E-state index in [1.54, 1.807) is 18.2 Å². The molecule has 0 heterocycles. The molecule has 2 aromatic rings. The van der Waals surface area contributed by atoms with Crippen LogP contribution in [0.1, 0.15) is 43.6 Å². The van der Waals surface area contributed by atoms with E-state index < -0.39 is 6.10 Å². The summed E-state index contributed by atoms with van der Waals surface area (Å²) in [5.74, 6) is 0. The van der Waals surface area contributed by atoms with Gasteiger partial charge in [-0.15, -0.1) is 0 Å². The zero-order valence-electron chi connectivity index (χ0n) is 11.8. The molecule has 0 spiro atoms. The van der Waals surface area contributed by atoms with E-state index >= 15 is 0 Å². The maximum absolute atomic E-state index is 10.5. The third kappa shape index (κ3) is 3.17. The van der Waals surface area contributed by atoms with Crippen LogP contribution in [0.4, 0.5) is 0 Å². The Morgan fingerprint density at radius 2 is 1.40 bits per heavy atom. The lowest BCUT2D eigenvalue weighted by molar-refractivity contribution is 0.220. The molecule has 3 heteroatoms. The molecule has 0 aliphatic rings. The van der Waals surface area contributed by atoms with Crippen LogP contribution in [0.5, 0.6) is 0 Å². The van der Waals surface area contributed by atoms with Crippen molar-refractivity contribution in [2.45, 2.75) is 32.3 Å². The van der Waals surface area contributed by atoms with Crippen LogP contribution >= 0.6 is 23.2 Å². The number of halogens is 2. The van der Waals surface area contributed by atoms with Gasteiger partial charge in [-0.2, -0.15) is 0 Å². The first-order chi connectivity index (χ1) is 9.30. The van der Waals surface area contributed by atoms with Gasteiger partial charge >= 0.3 is 0 Å². The van der Waals surface area contributed by atoms with Crippen molar-refractivity contribution in [3.8, 4) is 0 Å². The number of benzene rings is 2. The fourth-order valence-corrected chi connectivity index (χ4v) is 2.71. The first-order valence-corrected chi connectivity index (χ1v) is 7.28. The van der Waals surface area contributed by atoms with Gasteiger partial charge in [-0.05, 0) is 28.7 Å². The van der Waals surface area contributed by atoms with Crippen molar-refractivity contribution in [3.05, 3.63) is 69.2 Å². The van der Waals surface area contributed by atoms with Crippen LogP contribution in [-0.4, -0.2) is 5.11 Å². The van der Waals surface area contributed by atoms with Crippen molar-refractivity contribution in [3.63, 3.8) is 0 Å². The van der Waals surface area contributed by atoms with Gasteiger partial charge in [0.1, 0.15) is 6.10 Å². The maximum atomic E-state index is 10.5. The SMILES string of the molecule is CC(C)(C)c1ccc(C(O)c2c(Cl)cccc2Cl)cc1. The highest BCUT2D eigenvalue weighted by molar-refractivity contribution is 6.36. The lowest BCUT2D eigenvalue weighted by Crippen LogP contribution is -2.11. The lowest BCUT2D eigenvalue weighted by Gasteiger charge is -2.20.